The van der Waals surface area contributed by atoms with Crippen LogP contribution in [0.1, 0.15) is 19.4 Å². The van der Waals surface area contributed by atoms with Crippen molar-refractivity contribution in [2.24, 2.45) is 0 Å². The number of hydrogen-bond donors (Lipinski definition) is 0. The van der Waals surface area contributed by atoms with Crippen molar-refractivity contribution >= 4 is 40.2 Å². The molecule has 0 spiro atoms. The summed E-state index contributed by atoms with van der Waals surface area (Å²) in [4.78, 5) is 14.3. The van der Waals surface area contributed by atoms with E-state index in [-0.39, 0.29) is 5.82 Å². The van der Waals surface area contributed by atoms with Gasteiger partial charge in [0.25, 0.3) is 0 Å². The van der Waals surface area contributed by atoms with E-state index in [9.17, 15) is 9.18 Å². The van der Waals surface area contributed by atoms with Gasteiger partial charge in [0.1, 0.15) is 11.6 Å². The van der Waals surface area contributed by atoms with E-state index in [1.165, 1.54) is 12.1 Å². The number of hydrogen-bond acceptors (Lipinski definition) is 2. The summed E-state index contributed by atoms with van der Waals surface area (Å²) in [5, 5.41) is 2.12. The van der Waals surface area contributed by atoms with Crippen LogP contribution in [0.25, 0.3) is 22.0 Å². The first kappa shape index (κ1) is 23.1. The third-order valence-electron chi connectivity index (χ3n) is 5.62. The topological polar surface area (TPSA) is 34.5 Å². The van der Waals surface area contributed by atoms with Crippen molar-refractivity contribution in [3.05, 3.63) is 88.3 Å². The Morgan fingerprint density at radius 3 is 2.42 bits per heavy atom. The van der Waals surface area contributed by atoms with Crippen molar-refractivity contribution in [1.29, 1.82) is 0 Å². The number of amides is 1. The standard InChI is InChI=1S/C26H23Cl2FN2O2/c1-3-30(4-2)26(32)33-24-12-11-23-21(25(24)17-5-8-20(29)9-6-17)13-14-31(23)16-18-15-19(27)7-10-22(18)28/h5-15H,3-4,16H2,1-2H3. The molecule has 1 aromatic heterocycles. The fourth-order valence-electron chi connectivity index (χ4n) is 3.88. The molecule has 0 saturated heterocycles. The van der Waals surface area contributed by atoms with Gasteiger partial charge < -0.3 is 14.2 Å². The van der Waals surface area contributed by atoms with E-state index in [0.717, 1.165) is 27.6 Å². The molecule has 1 amide bonds. The van der Waals surface area contributed by atoms with Gasteiger partial charge in [-0.25, -0.2) is 9.18 Å². The Hall–Kier alpha value is -3.02. The second kappa shape index (κ2) is 9.86. The Morgan fingerprint density at radius 1 is 1.00 bits per heavy atom. The maximum Gasteiger partial charge on any atom is 0.415 e. The molecule has 1 heterocycles. The monoisotopic (exact) mass is 484 g/mol. The normalized spacial score (nSPS) is 11.1. The highest BCUT2D eigenvalue weighted by atomic mass is 35.5. The maximum absolute atomic E-state index is 13.6. The highest BCUT2D eigenvalue weighted by Gasteiger charge is 2.19. The highest BCUT2D eigenvalue weighted by molar-refractivity contribution is 6.33. The molecule has 0 aliphatic carbocycles. The molecule has 0 bridgehead atoms. The molecule has 0 unspecified atom stereocenters. The van der Waals surface area contributed by atoms with Gasteiger partial charge in [-0.1, -0.05) is 35.3 Å². The quantitative estimate of drug-likeness (QED) is 0.281. The van der Waals surface area contributed by atoms with Crippen LogP contribution in [0.2, 0.25) is 10.0 Å². The van der Waals surface area contributed by atoms with Crippen molar-refractivity contribution in [3.8, 4) is 16.9 Å². The van der Waals surface area contributed by atoms with Crippen LogP contribution in [-0.2, 0) is 6.54 Å². The lowest BCUT2D eigenvalue weighted by atomic mass is 10.0. The largest absolute Gasteiger partial charge is 0.415 e. The number of rotatable bonds is 6. The van der Waals surface area contributed by atoms with E-state index in [4.69, 9.17) is 27.9 Å². The Labute approximate surface area is 202 Å². The van der Waals surface area contributed by atoms with Crippen molar-refractivity contribution in [2.75, 3.05) is 13.1 Å². The van der Waals surface area contributed by atoms with E-state index in [1.807, 2.05) is 38.2 Å². The Balaban J connectivity index is 1.82. The molecule has 33 heavy (non-hydrogen) atoms. The molecule has 170 valence electrons. The van der Waals surface area contributed by atoms with Gasteiger partial charge in [0.15, 0.2) is 0 Å². The molecule has 0 atom stereocenters. The molecule has 0 aliphatic heterocycles. The zero-order valence-corrected chi connectivity index (χ0v) is 19.8. The lowest BCUT2D eigenvalue weighted by Crippen LogP contribution is -2.33. The minimum Gasteiger partial charge on any atom is -0.410 e. The second-order valence-corrected chi connectivity index (χ2v) is 8.44. The van der Waals surface area contributed by atoms with Crippen LogP contribution in [0.3, 0.4) is 0 Å². The lowest BCUT2D eigenvalue weighted by Gasteiger charge is -2.20. The van der Waals surface area contributed by atoms with Crippen LogP contribution < -0.4 is 4.74 Å². The van der Waals surface area contributed by atoms with E-state index in [1.54, 1.807) is 35.2 Å². The lowest BCUT2D eigenvalue weighted by molar-refractivity contribution is 0.157. The maximum atomic E-state index is 13.6. The fraction of sp³-hybridized carbons (Fsp3) is 0.192. The van der Waals surface area contributed by atoms with Crippen molar-refractivity contribution < 1.29 is 13.9 Å². The third-order valence-corrected chi connectivity index (χ3v) is 6.22. The van der Waals surface area contributed by atoms with Crippen LogP contribution in [0.5, 0.6) is 5.75 Å². The van der Waals surface area contributed by atoms with Crippen LogP contribution in [-0.4, -0.2) is 28.6 Å². The molecule has 0 radical (unpaired) electrons. The molecule has 7 heteroatoms. The molecule has 4 rings (SSSR count). The van der Waals surface area contributed by atoms with Gasteiger partial charge in [-0.15, -0.1) is 0 Å². The molecule has 4 aromatic rings. The zero-order valence-electron chi connectivity index (χ0n) is 18.3. The van der Waals surface area contributed by atoms with Gasteiger partial charge in [0, 0.05) is 52.3 Å². The van der Waals surface area contributed by atoms with Crippen LogP contribution in [0.15, 0.2) is 66.9 Å². The summed E-state index contributed by atoms with van der Waals surface area (Å²) in [6, 6.07) is 17.2. The average Bonchev–Trinajstić information content (AvgIpc) is 3.20. The first-order valence-electron chi connectivity index (χ1n) is 10.7. The van der Waals surface area contributed by atoms with E-state index in [0.29, 0.717) is 35.4 Å². The smallest absolute Gasteiger partial charge is 0.410 e. The van der Waals surface area contributed by atoms with Gasteiger partial charge in [-0.3, -0.25) is 0 Å². The zero-order chi connectivity index (χ0) is 23.5. The fourth-order valence-corrected chi connectivity index (χ4v) is 4.25. The third kappa shape index (κ3) is 4.85. The minimum atomic E-state index is -0.423. The molecule has 0 saturated carbocycles. The van der Waals surface area contributed by atoms with Crippen LogP contribution in [0.4, 0.5) is 9.18 Å². The molecule has 0 fully saturated rings. The number of fused-ring (bicyclic) bond motifs is 1. The van der Waals surface area contributed by atoms with E-state index >= 15 is 0 Å². The van der Waals surface area contributed by atoms with Crippen LogP contribution in [0, 0.1) is 5.82 Å². The van der Waals surface area contributed by atoms with E-state index in [2.05, 4.69) is 4.57 Å². The summed E-state index contributed by atoms with van der Waals surface area (Å²) >= 11 is 12.5. The number of benzene rings is 3. The summed E-state index contributed by atoms with van der Waals surface area (Å²) in [6.45, 7) is 5.40. The average molecular weight is 485 g/mol. The number of aromatic nitrogens is 1. The van der Waals surface area contributed by atoms with Crippen molar-refractivity contribution in [3.63, 3.8) is 0 Å². The van der Waals surface area contributed by atoms with Crippen LogP contribution >= 0.6 is 23.2 Å². The Morgan fingerprint density at radius 2 is 1.73 bits per heavy atom. The number of carbonyl (C=O) groups is 1. The summed E-state index contributed by atoms with van der Waals surface area (Å²) in [7, 11) is 0. The number of nitrogens with zero attached hydrogens (tertiary/aromatic N) is 2. The minimum absolute atomic E-state index is 0.333. The second-order valence-electron chi connectivity index (χ2n) is 7.60. The highest BCUT2D eigenvalue weighted by Crippen LogP contribution is 2.38. The first-order valence-corrected chi connectivity index (χ1v) is 11.4. The van der Waals surface area contributed by atoms with Crippen molar-refractivity contribution in [1.82, 2.24) is 9.47 Å². The number of ether oxygens (including phenoxy) is 1. The molecular weight excluding hydrogens is 462 g/mol. The summed E-state index contributed by atoms with van der Waals surface area (Å²) in [6.07, 6.45) is 1.53. The molecule has 0 aliphatic rings. The van der Waals surface area contributed by atoms with Gasteiger partial charge in [-0.05, 0) is 73.5 Å². The molecule has 0 N–H and O–H groups in total. The Bertz CT molecular complexity index is 1300. The summed E-state index contributed by atoms with van der Waals surface area (Å²) < 4.78 is 21.5. The molecule has 3 aromatic carbocycles. The molecule has 4 nitrogen and oxygen atoms in total. The van der Waals surface area contributed by atoms with Gasteiger partial charge in [0.05, 0.1) is 0 Å². The summed E-state index contributed by atoms with van der Waals surface area (Å²) in [5.41, 5.74) is 3.29. The predicted octanol–water partition coefficient (Wildman–Crippen LogP) is 7.64. The van der Waals surface area contributed by atoms with Gasteiger partial charge in [-0.2, -0.15) is 0 Å². The SMILES string of the molecule is CCN(CC)C(=O)Oc1ccc2c(ccn2Cc2cc(Cl)ccc2Cl)c1-c1ccc(F)cc1. The van der Waals surface area contributed by atoms with Gasteiger partial charge in [0.2, 0.25) is 0 Å². The number of halogens is 3. The van der Waals surface area contributed by atoms with Crippen molar-refractivity contribution in [2.45, 2.75) is 20.4 Å². The molecular formula is C26H23Cl2FN2O2. The Kier molecular flexibility index (Phi) is 6.91. The predicted molar refractivity (Wildman–Crippen MR) is 132 cm³/mol. The van der Waals surface area contributed by atoms with Gasteiger partial charge >= 0.3 is 6.09 Å². The number of carbonyl (C=O) groups excluding carboxylic acids is 1. The van der Waals surface area contributed by atoms with E-state index < -0.39 is 6.09 Å². The summed E-state index contributed by atoms with van der Waals surface area (Å²) in [5.74, 6) is 0.0883. The first-order chi connectivity index (χ1) is 15.9.